The van der Waals surface area contributed by atoms with Crippen LogP contribution >= 0.6 is 47.8 Å². The van der Waals surface area contributed by atoms with Gasteiger partial charge in [-0.25, -0.2) is 0 Å². The summed E-state index contributed by atoms with van der Waals surface area (Å²) in [6, 6.07) is 4.16. The minimum atomic E-state index is 0. The Kier molecular flexibility index (Phi) is 7.45. The molecule has 1 saturated heterocycles. The SMILES string of the molecule is Cl.Cl.NC1C2CCC(C2)C1C(=O)N1CCN(Cc2ccc(Cl)s2)CC1. The molecule has 1 aromatic rings. The Morgan fingerprint density at radius 3 is 2.40 bits per heavy atom. The predicted octanol–water partition coefficient (Wildman–Crippen LogP) is 3.26. The van der Waals surface area contributed by atoms with E-state index < -0.39 is 0 Å². The summed E-state index contributed by atoms with van der Waals surface area (Å²) in [6.45, 7) is 4.48. The monoisotopic (exact) mass is 425 g/mol. The Hall–Kier alpha value is -0.0400. The van der Waals surface area contributed by atoms with Gasteiger partial charge in [-0.05, 0) is 43.2 Å². The molecule has 4 atom stereocenters. The van der Waals surface area contributed by atoms with Crippen LogP contribution in [0.4, 0.5) is 0 Å². The van der Waals surface area contributed by atoms with Crippen LogP contribution in [0, 0.1) is 17.8 Å². The van der Waals surface area contributed by atoms with Crippen LogP contribution in [0.3, 0.4) is 0 Å². The number of nitrogens with two attached hydrogens (primary N) is 1. The van der Waals surface area contributed by atoms with Gasteiger partial charge >= 0.3 is 0 Å². The number of carbonyl (C=O) groups excluding carboxylic acids is 1. The van der Waals surface area contributed by atoms with Crippen molar-refractivity contribution in [2.45, 2.75) is 31.8 Å². The number of hydrogen-bond donors (Lipinski definition) is 1. The smallest absolute Gasteiger partial charge is 0.227 e. The van der Waals surface area contributed by atoms with E-state index in [4.69, 9.17) is 17.3 Å². The van der Waals surface area contributed by atoms with Crippen molar-refractivity contribution in [2.75, 3.05) is 26.2 Å². The average molecular weight is 427 g/mol. The number of hydrogen-bond acceptors (Lipinski definition) is 4. The molecule has 3 aliphatic rings. The molecule has 1 aliphatic heterocycles. The molecule has 0 spiro atoms. The van der Waals surface area contributed by atoms with Crippen molar-refractivity contribution in [1.82, 2.24) is 9.80 Å². The number of carbonyl (C=O) groups is 1. The highest BCUT2D eigenvalue weighted by atomic mass is 35.5. The third-order valence-electron chi connectivity index (χ3n) is 5.96. The highest BCUT2D eigenvalue weighted by Crippen LogP contribution is 2.48. The zero-order valence-electron chi connectivity index (χ0n) is 14.1. The van der Waals surface area contributed by atoms with E-state index in [2.05, 4.69) is 15.9 Å². The number of fused-ring (bicyclic) bond motifs is 2. The van der Waals surface area contributed by atoms with Crippen molar-refractivity contribution in [3.63, 3.8) is 0 Å². The number of halogens is 3. The Labute approximate surface area is 170 Å². The standard InChI is InChI=1S/C17H24ClN3OS.2ClH/c18-14-4-3-13(23-14)10-20-5-7-21(8-6-20)17(22)15-11-1-2-12(9-11)16(15)19;;/h3-4,11-12,15-16H,1-2,5-10,19H2;2*1H. The molecule has 4 unspecified atom stereocenters. The summed E-state index contributed by atoms with van der Waals surface area (Å²) in [4.78, 5) is 18.6. The van der Waals surface area contributed by atoms with Gasteiger partial charge in [-0.1, -0.05) is 11.6 Å². The summed E-state index contributed by atoms with van der Waals surface area (Å²) in [7, 11) is 0. The maximum atomic E-state index is 12.9. The van der Waals surface area contributed by atoms with E-state index in [1.807, 2.05) is 6.07 Å². The maximum Gasteiger partial charge on any atom is 0.227 e. The van der Waals surface area contributed by atoms with Gasteiger partial charge in [-0.15, -0.1) is 36.2 Å². The summed E-state index contributed by atoms with van der Waals surface area (Å²) < 4.78 is 0.846. The Morgan fingerprint density at radius 1 is 1.16 bits per heavy atom. The van der Waals surface area contributed by atoms with Crippen molar-refractivity contribution in [1.29, 1.82) is 0 Å². The van der Waals surface area contributed by atoms with E-state index in [1.54, 1.807) is 11.3 Å². The quantitative estimate of drug-likeness (QED) is 0.807. The summed E-state index contributed by atoms with van der Waals surface area (Å²) >= 11 is 7.64. The lowest BCUT2D eigenvalue weighted by Crippen LogP contribution is -2.53. The van der Waals surface area contributed by atoms with Crippen LogP contribution < -0.4 is 5.73 Å². The molecule has 3 fully saturated rings. The van der Waals surface area contributed by atoms with Gasteiger partial charge < -0.3 is 10.6 Å². The minimum absolute atomic E-state index is 0. The van der Waals surface area contributed by atoms with Crippen LogP contribution in [0.2, 0.25) is 4.34 Å². The molecule has 2 N–H and O–H groups in total. The van der Waals surface area contributed by atoms with Crippen LogP contribution in [0.15, 0.2) is 12.1 Å². The Morgan fingerprint density at radius 2 is 1.84 bits per heavy atom. The highest BCUT2D eigenvalue weighted by Gasteiger charge is 2.50. The minimum Gasteiger partial charge on any atom is -0.340 e. The molecule has 0 aromatic carbocycles. The Balaban J connectivity index is 0.00000113. The molecule has 142 valence electrons. The first-order valence-electron chi connectivity index (χ1n) is 8.63. The third kappa shape index (κ3) is 4.28. The molecule has 4 rings (SSSR count). The number of piperazine rings is 1. The average Bonchev–Trinajstić information content (AvgIpc) is 3.24. The Bertz CT molecular complexity index is 589. The molecule has 0 radical (unpaired) electrons. The van der Waals surface area contributed by atoms with Gasteiger partial charge in [0.2, 0.25) is 5.91 Å². The fourth-order valence-corrected chi connectivity index (χ4v) is 5.83. The summed E-state index contributed by atoms with van der Waals surface area (Å²) in [6.07, 6.45) is 3.61. The van der Waals surface area contributed by atoms with E-state index in [9.17, 15) is 4.79 Å². The maximum absolute atomic E-state index is 12.9. The molecule has 1 aromatic heterocycles. The summed E-state index contributed by atoms with van der Waals surface area (Å²) in [5.74, 6) is 1.56. The molecule has 1 amide bonds. The normalized spacial score (nSPS) is 31.5. The molecule has 2 aliphatic carbocycles. The predicted molar refractivity (Wildman–Crippen MR) is 108 cm³/mol. The summed E-state index contributed by atoms with van der Waals surface area (Å²) in [5.41, 5.74) is 6.33. The van der Waals surface area contributed by atoms with Gasteiger partial charge in [0.1, 0.15) is 0 Å². The number of nitrogens with zero attached hydrogens (tertiary/aromatic N) is 2. The second-order valence-corrected chi connectivity index (χ2v) is 9.04. The first-order valence-corrected chi connectivity index (χ1v) is 9.82. The van der Waals surface area contributed by atoms with Crippen LogP contribution in [0.1, 0.15) is 24.1 Å². The van der Waals surface area contributed by atoms with E-state index >= 15 is 0 Å². The second-order valence-electron chi connectivity index (χ2n) is 7.24. The topological polar surface area (TPSA) is 49.6 Å². The van der Waals surface area contributed by atoms with E-state index in [0.29, 0.717) is 17.7 Å². The lowest BCUT2D eigenvalue weighted by molar-refractivity contribution is -0.139. The molecular weight excluding hydrogens is 401 g/mol. The molecule has 2 bridgehead atoms. The summed E-state index contributed by atoms with van der Waals surface area (Å²) in [5, 5.41) is 0. The van der Waals surface area contributed by atoms with Crippen LogP contribution in [-0.4, -0.2) is 47.9 Å². The van der Waals surface area contributed by atoms with Crippen LogP contribution in [0.25, 0.3) is 0 Å². The van der Waals surface area contributed by atoms with Gasteiger partial charge in [0.05, 0.1) is 10.3 Å². The van der Waals surface area contributed by atoms with Gasteiger partial charge in [0, 0.05) is 43.6 Å². The van der Waals surface area contributed by atoms with Crippen LogP contribution in [0.5, 0.6) is 0 Å². The first kappa shape index (κ1) is 21.3. The van der Waals surface area contributed by atoms with E-state index in [1.165, 1.54) is 24.1 Å². The molecule has 25 heavy (non-hydrogen) atoms. The second kappa shape index (κ2) is 8.77. The molecule has 2 heterocycles. The highest BCUT2D eigenvalue weighted by molar-refractivity contribution is 7.16. The van der Waals surface area contributed by atoms with E-state index in [-0.39, 0.29) is 36.8 Å². The number of rotatable bonds is 3. The third-order valence-corrected chi connectivity index (χ3v) is 7.17. The molecule has 2 saturated carbocycles. The lowest BCUT2D eigenvalue weighted by atomic mass is 9.84. The van der Waals surface area contributed by atoms with Gasteiger partial charge in [0.25, 0.3) is 0 Å². The van der Waals surface area contributed by atoms with Crippen molar-refractivity contribution < 1.29 is 4.79 Å². The molecular formula is C17H26Cl3N3OS. The fraction of sp³-hybridized carbons (Fsp3) is 0.706. The van der Waals surface area contributed by atoms with Gasteiger partial charge in [0.15, 0.2) is 0 Å². The van der Waals surface area contributed by atoms with Gasteiger partial charge in [-0.3, -0.25) is 9.69 Å². The van der Waals surface area contributed by atoms with E-state index in [0.717, 1.165) is 37.1 Å². The van der Waals surface area contributed by atoms with Crippen molar-refractivity contribution in [3.05, 3.63) is 21.3 Å². The zero-order valence-corrected chi connectivity index (χ0v) is 17.3. The number of amides is 1. The largest absolute Gasteiger partial charge is 0.340 e. The van der Waals surface area contributed by atoms with Gasteiger partial charge in [-0.2, -0.15) is 0 Å². The zero-order chi connectivity index (χ0) is 16.0. The lowest BCUT2D eigenvalue weighted by Gasteiger charge is -2.38. The first-order chi connectivity index (χ1) is 11.1. The van der Waals surface area contributed by atoms with Crippen molar-refractivity contribution in [3.8, 4) is 0 Å². The number of thiophene rings is 1. The molecule has 8 heteroatoms. The molecule has 4 nitrogen and oxygen atoms in total. The van der Waals surface area contributed by atoms with Crippen molar-refractivity contribution >= 4 is 53.7 Å². The van der Waals surface area contributed by atoms with Crippen LogP contribution in [-0.2, 0) is 11.3 Å². The van der Waals surface area contributed by atoms with Crippen molar-refractivity contribution in [2.24, 2.45) is 23.5 Å². The fourth-order valence-electron chi connectivity index (χ4n) is 4.70.